The summed E-state index contributed by atoms with van der Waals surface area (Å²) in [4.78, 5) is 11.2. The van der Waals surface area contributed by atoms with Crippen molar-refractivity contribution in [2.24, 2.45) is 11.5 Å². The molecule has 2 aromatic rings. The topological polar surface area (TPSA) is 98.6 Å². The number of carbonyl (C=O) groups excluding carboxylic acids is 1. The average molecular weight is 776 g/mol. The molecular weight excluding hydrogens is 764 g/mol. The second kappa shape index (κ2) is 8.85. The Labute approximate surface area is 193 Å². The van der Waals surface area contributed by atoms with Crippen LogP contribution in [0.15, 0.2) is 24.3 Å². The van der Waals surface area contributed by atoms with Gasteiger partial charge in [-0.25, -0.2) is 0 Å². The molecule has 0 spiro atoms. The zero-order valence-corrected chi connectivity index (χ0v) is 20.7. The smallest absolute Gasteiger partial charge is 0.234 e. The van der Waals surface area contributed by atoms with Crippen molar-refractivity contribution in [3.8, 4) is 17.2 Å². The van der Waals surface area contributed by atoms with Crippen molar-refractivity contribution >= 4 is 96.3 Å². The van der Waals surface area contributed by atoms with Gasteiger partial charge < -0.3 is 21.3 Å². The molecule has 2 aromatic carbocycles. The Balaban J connectivity index is 2.32. The van der Waals surface area contributed by atoms with Crippen molar-refractivity contribution in [1.29, 1.82) is 0 Å². The highest BCUT2D eigenvalue weighted by atomic mass is 127. The summed E-state index contributed by atoms with van der Waals surface area (Å²) in [6, 6.07) is 6.38. The molecule has 0 fully saturated rings. The number of hydrogen-bond acceptors (Lipinski definition) is 4. The Morgan fingerprint density at radius 2 is 1.54 bits per heavy atom. The molecule has 0 aliphatic heterocycles. The van der Waals surface area contributed by atoms with Gasteiger partial charge in [0.25, 0.3) is 0 Å². The number of aromatic hydroxyl groups is 1. The summed E-state index contributed by atoms with van der Waals surface area (Å²) in [6.45, 7) is 0. The number of amides is 1. The number of primary amides is 1. The SMILES string of the molecule is NC(=O)C(N)Cc1ccc(Oc2ccc(O)c(I)c2I)c(I)c1I. The first-order valence-corrected chi connectivity index (χ1v) is 10.9. The van der Waals surface area contributed by atoms with Gasteiger partial charge in [0, 0.05) is 3.57 Å². The fourth-order valence-electron chi connectivity index (χ4n) is 1.86. The Bertz CT molecular complexity index is 799. The molecule has 0 aromatic heterocycles. The molecule has 0 aliphatic carbocycles. The van der Waals surface area contributed by atoms with E-state index in [1.807, 2.05) is 12.1 Å². The molecule has 0 aliphatic rings. The molecule has 24 heavy (non-hydrogen) atoms. The number of benzene rings is 2. The predicted molar refractivity (Wildman–Crippen MR) is 126 cm³/mol. The average Bonchev–Trinajstić information content (AvgIpc) is 2.54. The number of rotatable bonds is 5. The molecule has 1 atom stereocenters. The van der Waals surface area contributed by atoms with Gasteiger partial charge in [0.2, 0.25) is 5.91 Å². The Morgan fingerprint density at radius 3 is 2.12 bits per heavy atom. The summed E-state index contributed by atoms with van der Waals surface area (Å²) in [5.41, 5.74) is 11.9. The standard InChI is InChI=1S/C15H12I4N2O3/c16-11-6(5-7(20)15(21)23)1-3-9(13(11)18)24-10-4-2-8(22)12(17)14(10)19/h1-4,7,22H,5,20H2,(H2,21,23). The van der Waals surface area contributed by atoms with E-state index in [1.54, 1.807) is 12.1 Å². The maximum absolute atomic E-state index is 11.2. The normalized spacial score (nSPS) is 12.0. The third kappa shape index (κ3) is 4.76. The van der Waals surface area contributed by atoms with Gasteiger partial charge in [0.15, 0.2) is 0 Å². The van der Waals surface area contributed by atoms with Crippen LogP contribution in [-0.2, 0) is 11.2 Å². The highest BCUT2D eigenvalue weighted by Crippen LogP contribution is 2.37. The van der Waals surface area contributed by atoms with Gasteiger partial charge in [-0.1, -0.05) is 6.07 Å². The van der Waals surface area contributed by atoms with Gasteiger partial charge >= 0.3 is 0 Å². The molecule has 0 bridgehead atoms. The van der Waals surface area contributed by atoms with E-state index in [0.717, 1.165) is 19.8 Å². The van der Waals surface area contributed by atoms with E-state index >= 15 is 0 Å². The summed E-state index contributed by atoms with van der Waals surface area (Å²) >= 11 is 8.64. The number of carbonyl (C=O) groups is 1. The predicted octanol–water partition coefficient (Wildman–Crippen LogP) is 3.96. The van der Waals surface area contributed by atoms with Crippen LogP contribution in [0.25, 0.3) is 0 Å². The number of halogens is 4. The highest BCUT2D eigenvalue weighted by Gasteiger charge is 2.17. The lowest BCUT2D eigenvalue weighted by Crippen LogP contribution is -2.38. The van der Waals surface area contributed by atoms with Crippen molar-refractivity contribution in [3.05, 3.63) is 44.1 Å². The van der Waals surface area contributed by atoms with Crippen LogP contribution in [0, 0.1) is 14.3 Å². The molecule has 2 rings (SSSR count). The second-order valence-corrected chi connectivity index (χ2v) is 9.19. The van der Waals surface area contributed by atoms with Gasteiger partial charge in [0.05, 0.1) is 16.8 Å². The van der Waals surface area contributed by atoms with Crippen molar-refractivity contribution in [2.45, 2.75) is 12.5 Å². The van der Waals surface area contributed by atoms with Gasteiger partial charge in [0.1, 0.15) is 17.2 Å². The maximum Gasteiger partial charge on any atom is 0.234 e. The minimum atomic E-state index is -0.708. The molecule has 5 N–H and O–H groups in total. The fourth-order valence-corrected chi connectivity index (χ4v) is 4.18. The third-order valence-electron chi connectivity index (χ3n) is 3.18. The lowest BCUT2D eigenvalue weighted by molar-refractivity contribution is -0.119. The Hall–Kier alpha value is 0.390. The molecule has 9 heteroatoms. The van der Waals surface area contributed by atoms with Gasteiger partial charge in [-0.2, -0.15) is 0 Å². The summed E-state index contributed by atoms with van der Waals surface area (Å²) in [6.07, 6.45) is 0.387. The number of phenols is 1. The minimum Gasteiger partial charge on any atom is -0.507 e. The monoisotopic (exact) mass is 776 g/mol. The van der Waals surface area contributed by atoms with Gasteiger partial charge in [-0.05, 0) is 121 Å². The maximum atomic E-state index is 11.2. The van der Waals surface area contributed by atoms with Crippen molar-refractivity contribution < 1.29 is 14.6 Å². The molecule has 0 saturated carbocycles. The summed E-state index contributed by atoms with van der Waals surface area (Å²) in [5.74, 6) is 1.09. The zero-order chi connectivity index (χ0) is 18.0. The highest BCUT2D eigenvalue weighted by molar-refractivity contribution is 14.1. The second-order valence-electron chi connectivity index (χ2n) is 4.88. The Morgan fingerprint density at radius 1 is 1.00 bits per heavy atom. The summed E-state index contributed by atoms with van der Waals surface area (Å²) < 4.78 is 9.51. The van der Waals surface area contributed by atoms with Gasteiger partial charge in [-0.15, -0.1) is 0 Å². The lowest BCUT2D eigenvalue weighted by Gasteiger charge is -2.15. The molecule has 5 nitrogen and oxygen atoms in total. The Kier molecular flexibility index (Phi) is 7.64. The number of hydrogen-bond donors (Lipinski definition) is 3. The van der Waals surface area contributed by atoms with E-state index in [0.29, 0.717) is 17.9 Å². The number of nitrogens with two attached hydrogens (primary N) is 2. The first-order chi connectivity index (χ1) is 11.2. The van der Waals surface area contributed by atoms with Crippen LogP contribution in [0.4, 0.5) is 0 Å². The van der Waals surface area contributed by atoms with Crippen molar-refractivity contribution in [3.63, 3.8) is 0 Å². The molecule has 128 valence electrons. The van der Waals surface area contributed by atoms with Gasteiger partial charge in [-0.3, -0.25) is 4.79 Å². The largest absolute Gasteiger partial charge is 0.507 e. The van der Waals surface area contributed by atoms with Crippen LogP contribution in [0.2, 0.25) is 0 Å². The van der Waals surface area contributed by atoms with E-state index in [1.165, 1.54) is 0 Å². The van der Waals surface area contributed by atoms with E-state index in [9.17, 15) is 9.90 Å². The lowest BCUT2D eigenvalue weighted by atomic mass is 10.1. The van der Waals surface area contributed by atoms with Crippen molar-refractivity contribution in [2.75, 3.05) is 0 Å². The van der Waals surface area contributed by atoms with E-state index < -0.39 is 11.9 Å². The molecule has 0 saturated heterocycles. The van der Waals surface area contributed by atoms with Crippen LogP contribution in [0.3, 0.4) is 0 Å². The molecule has 1 amide bonds. The summed E-state index contributed by atoms with van der Waals surface area (Å²) in [5, 5.41) is 9.73. The number of ether oxygens (including phenoxy) is 1. The van der Waals surface area contributed by atoms with Crippen LogP contribution < -0.4 is 16.2 Å². The minimum absolute atomic E-state index is 0.229. The molecule has 0 radical (unpaired) electrons. The number of phenolic OH excluding ortho intramolecular Hbond substituents is 1. The van der Waals surface area contributed by atoms with Crippen LogP contribution >= 0.6 is 90.4 Å². The first kappa shape index (κ1) is 20.7. The molecular formula is C15H12I4N2O3. The zero-order valence-electron chi connectivity index (χ0n) is 12.0. The first-order valence-electron chi connectivity index (χ1n) is 6.59. The van der Waals surface area contributed by atoms with Crippen LogP contribution in [-0.4, -0.2) is 17.1 Å². The molecule has 1 unspecified atom stereocenters. The molecule has 0 heterocycles. The van der Waals surface area contributed by atoms with E-state index in [2.05, 4.69) is 90.4 Å². The fraction of sp³-hybridized carbons (Fsp3) is 0.133. The van der Waals surface area contributed by atoms with E-state index in [-0.39, 0.29) is 5.75 Å². The van der Waals surface area contributed by atoms with Crippen LogP contribution in [0.1, 0.15) is 5.56 Å². The van der Waals surface area contributed by atoms with Crippen molar-refractivity contribution in [1.82, 2.24) is 0 Å². The third-order valence-corrected chi connectivity index (χ3v) is 9.71. The van der Waals surface area contributed by atoms with E-state index in [4.69, 9.17) is 16.2 Å². The quantitative estimate of drug-likeness (QED) is 0.401. The summed E-state index contributed by atoms with van der Waals surface area (Å²) in [7, 11) is 0. The van der Waals surface area contributed by atoms with Crippen LogP contribution in [0.5, 0.6) is 17.2 Å².